The van der Waals surface area contributed by atoms with Gasteiger partial charge in [-0.1, -0.05) is 0 Å². The molecule has 0 fully saturated rings. The first-order valence-corrected chi connectivity index (χ1v) is 5.20. The highest BCUT2D eigenvalue weighted by molar-refractivity contribution is 9.10. The Morgan fingerprint density at radius 1 is 1.56 bits per heavy atom. The first kappa shape index (κ1) is 12.7. The van der Waals surface area contributed by atoms with Gasteiger partial charge in [-0.2, -0.15) is 0 Å². The summed E-state index contributed by atoms with van der Waals surface area (Å²) in [5.74, 6) is -1.33. The van der Waals surface area contributed by atoms with E-state index in [1.54, 1.807) is 0 Å². The molecule has 0 unspecified atom stereocenters. The summed E-state index contributed by atoms with van der Waals surface area (Å²) in [5, 5.41) is 10.8. The lowest BCUT2D eigenvalue weighted by Crippen LogP contribution is -2.27. The highest BCUT2D eigenvalue weighted by Gasteiger charge is 2.08. The van der Waals surface area contributed by atoms with Crippen LogP contribution in [-0.2, 0) is 9.53 Å². The van der Waals surface area contributed by atoms with Crippen molar-refractivity contribution in [1.29, 1.82) is 0 Å². The number of rotatable bonds is 6. The molecule has 0 aromatic carbocycles. The van der Waals surface area contributed by atoms with Gasteiger partial charge in [0, 0.05) is 12.6 Å². The van der Waals surface area contributed by atoms with Gasteiger partial charge < -0.3 is 19.6 Å². The maximum atomic E-state index is 11.4. The van der Waals surface area contributed by atoms with E-state index < -0.39 is 5.97 Å². The number of carbonyl (C=O) groups excluding carboxylic acids is 1. The van der Waals surface area contributed by atoms with Crippen LogP contribution in [0.1, 0.15) is 10.4 Å². The fourth-order valence-corrected chi connectivity index (χ4v) is 1.27. The Bertz CT molecular complexity index is 376. The number of hydrogen-bond donors (Lipinski definition) is 2. The number of carbonyl (C=O) groups is 2. The number of carboxylic acid groups (broad SMARTS) is 1. The number of halogens is 1. The van der Waals surface area contributed by atoms with Crippen LogP contribution in [-0.4, -0.2) is 36.7 Å². The fourth-order valence-electron chi connectivity index (χ4n) is 0.927. The van der Waals surface area contributed by atoms with E-state index in [0.29, 0.717) is 10.2 Å². The summed E-state index contributed by atoms with van der Waals surface area (Å²) in [6.07, 6.45) is 1.32. The molecule has 88 valence electrons. The third-order valence-electron chi connectivity index (χ3n) is 1.59. The normalized spacial score (nSPS) is 10.1. The van der Waals surface area contributed by atoms with Crippen LogP contribution < -0.4 is 5.32 Å². The predicted octanol–water partition coefficient (Wildman–Crippen LogP) is 0.873. The molecule has 1 rings (SSSR count). The zero-order valence-corrected chi connectivity index (χ0v) is 9.82. The molecule has 0 aliphatic rings. The monoisotopic (exact) mass is 291 g/mol. The third kappa shape index (κ3) is 4.45. The van der Waals surface area contributed by atoms with Crippen molar-refractivity contribution in [2.75, 3.05) is 19.8 Å². The number of aliphatic carboxylic acids is 1. The molecular formula is C9H10BrNO5. The van der Waals surface area contributed by atoms with Gasteiger partial charge in [-0.3, -0.25) is 4.79 Å². The van der Waals surface area contributed by atoms with E-state index in [-0.39, 0.29) is 25.7 Å². The molecule has 0 saturated heterocycles. The first-order chi connectivity index (χ1) is 7.59. The topological polar surface area (TPSA) is 88.8 Å². The molecule has 1 heterocycles. The molecule has 0 radical (unpaired) electrons. The Balaban J connectivity index is 2.18. The summed E-state index contributed by atoms with van der Waals surface area (Å²) in [6, 6.07) is 1.54. The van der Waals surface area contributed by atoms with Gasteiger partial charge in [0.2, 0.25) is 0 Å². The molecule has 1 amide bonds. The van der Waals surface area contributed by atoms with Crippen molar-refractivity contribution in [3.63, 3.8) is 0 Å². The van der Waals surface area contributed by atoms with Crippen LogP contribution in [0.2, 0.25) is 0 Å². The molecule has 0 aliphatic carbocycles. The number of nitrogens with one attached hydrogen (secondary N) is 1. The second-order valence-corrected chi connectivity index (χ2v) is 3.62. The molecule has 0 spiro atoms. The molecular weight excluding hydrogens is 282 g/mol. The van der Waals surface area contributed by atoms with Crippen molar-refractivity contribution in [3.8, 4) is 0 Å². The average Bonchev–Trinajstić information content (AvgIpc) is 2.63. The van der Waals surface area contributed by atoms with Crippen LogP contribution in [0.3, 0.4) is 0 Å². The standard InChI is InChI=1S/C9H10BrNO5/c10-7-3-6(4-16-7)9(14)11-1-2-15-5-8(12)13/h3-4H,1-2,5H2,(H,11,14)(H,12,13). The minimum Gasteiger partial charge on any atom is -0.480 e. The van der Waals surface area contributed by atoms with E-state index in [0.717, 1.165) is 0 Å². The van der Waals surface area contributed by atoms with Crippen molar-refractivity contribution in [2.24, 2.45) is 0 Å². The van der Waals surface area contributed by atoms with Crippen molar-refractivity contribution in [2.45, 2.75) is 0 Å². The quantitative estimate of drug-likeness (QED) is 0.760. The van der Waals surface area contributed by atoms with Gasteiger partial charge in [-0.05, 0) is 15.9 Å². The summed E-state index contributed by atoms with van der Waals surface area (Å²) in [7, 11) is 0. The third-order valence-corrected chi connectivity index (χ3v) is 2.00. The predicted molar refractivity (Wildman–Crippen MR) is 57.2 cm³/mol. The maximum Gasteiger partial charge on any atom is 0.329 e. The first-order valence-electron chi connectivity index (χ1n) is 4.41. The van der Waals surface area contributed by atoms with Crippen molar-refractivity contribution in [1.82, 2.24) is 5.32 Å². The minimum atomic E-state index is -1.04. The van der Waals surface area contributed by atoms with E-state index in [9.17, 15) is 9.59 Å². The minimum absolute atomic E-state index is 0.150. The summed E-state index contributed by atoms with van der Waals surface area (Å²) in [4.78, 5) is 21.5. The highest BCUT2D eigenvalue weighted by atomic mass is 79.9. The van der Waals surface area contributed by atoms with Crippen LogP contribution in [0.5, 0.6) is 0 Å². The second kappa shape index (κ2) is 6.29. The van der Waals surface area contributed by atoms with Crippen LogP contribution in [0.15, 0.2) is 21.4 Å². The molecule has 0 saturated carbocycles. The van der Waals surface area contributed by atoms with E-state index in [2.05, 4.69) is 21.2 Å². The maximum absolute atomic E-state index is 11.4. The van der Waals surface area contributed by atoms with Crippen molar-refractivity contribution >= 4 is 27.8 Å². The lowest BCUT2D eigenvalue weighted by molar-refractivity contribution is -0.142. The van der Waals surface area contributed by atoms with Crippen LogP contribution in [0.25, 0.3) is 0 Å². The Labute approximate surface area is 99.7 Å². The van der Waals surface area contributed by atoms with E-state index in [4.69, 9.17) is 14.3 Å². The van der Waals surface area contributed by atoms with E-state index >= 15 is 0 Å². The van der Waals surface area contributed by atoms with Gasteiger partial charge >= 0.3 is 5.97 Å². The number of carboxylic acids is 1. The van der Waals surface area contributed by atoms with Crippen LogP contribution in [0.4, 0.5) is 0 Å². The number of hydrogen-bond acceptors (Lipinski definition) is 4. The van der Waals surface area contributed by atoms with Crippen molar-refractivity contribution < 1.29 is 23.8 Å². The highest BCUT2D eigenvalue weighted by Crippen LogP contribution is 2.13. The average molecular weight is 292 g/mol. The van der Waals surface area contributed by atoms with Crippen molar-refractivity contribution in [3.05, 3.63) is 22.6 Å². The molecule has 1 aromatic rings. The van der Waals surface area contributed by atoms with E-state index in [1.807, 2.05) is 0 Å². The molecule has 6 nitrogen and oxygen atoms in total. The van der Waals surface area contributed by atoms with Gasteiger partial charge in [-0.15, -0.1) is 0 Å². The Hall–Kier alpha value is -1.34. The van der Waals surface area contributed by atoms with Gasteiger partial charge in [-0.25, -0.2) is 4.79 Å². The van der Waals surface area contributed by atoms with E-state index in [1.165, 1.54) is 12.3 Å². The molecule has 0 aliphatic heterocycles. The summed E-state index contributed by atoms with van der Waals surface area (Å²) in [5.41, 5.74) is 0.394. The Kier molecular flexibility index (Phi) is 5.00. The number of furan rings is 1. The molecule has 2 N–H and O–H groups in total. The zero-order valence-electron chi connectivity index (χ0n) is 8.23. The fraction of sp³-hybridized carbons (Fsp3) is 0.333. The molecule has 0 atom stereocenters. The molecule has 7 heteroatoms. The second-order valence-electron chi connectivity index (χ2n) is 2.84. The summed E-state index contributed by atoms with van der Waals surface area (Å²) in [6.45, 7) is 0.0269. The SMILES string of the molecule is O=C(O)COCCNC(=O)c1coc(Br)c1. The van der Waals surface area contributed by atoms with Crippen LogP contribution in [0, 0.1) is 0 Å². The lowest BCUT2D eigenvalue weighted by atomic mass is 10.3. The molecule has 16 heavy (non-hydrogen) atoms. The molecule has 0 bridgehead atoms. The van der Waals surface area contributed by atoms with Gasteiger partial charge in [0.1, 0.15) is 12.9 Å². The van der Waals surface area contributed by atoms with Gasteiger partial charge in [0.15, 0.2) is 4.67 Å². The number of ether oxygens (including phenoxy) is 1. The molecule has 1 aromatic heterocycles. The summed E-state index contributed by atoms with van der Waals surface area (Å²) < 4.78 is 10.1. The summed E-state index contributed by atoms with van der Waals surface area (Å²) >= 11 is 3.07. The smallest absolute Gasteiger partial charge is 0.329 e. The van der Waals surface area contributed by atoms with Gasteiger partial charge in [0.25, 0.3) is 5.91 Å². The Morgan fingerprint density at radius 3 is 2.88 bits per heavy atom. The Morgan fingerprint density at radius 2 is 2.31 bits per heavy atom. The van der Waals surface area contributed by atoms with Crippen LogP contribution >= 0.6 is 15.9 Å². The lowest BCUT2D eigenvalue weighted by Gasteiger charge is -2.02. The van der Waals surface area contributed by atoms with Gasteiger partial charge in [0.05, 0.1) is 12.2 Å². The zero-order chi connectivity index (χ0) is 12.0. The largest absolute Gasteiger partial charge is 0.480 e. The number of amides is 1.